The molecule has 3 rings (SSSR count). The molecule has 7 heteroatoms. The molecule has 0 spiro atoms. The van der Waals surface area contributed by atoms with Crippen molar-refractivity contribution in [1.29, 1.82) is 0 Å². The van der Waals surface area contributed by atoms with Crippen LogP contribution in [0.2, 0.25) is 0 Å². The number of benzene rings is 2. The molecule has 0 saturated carbocycles. The molecule has 0 radical (unpaired) electrons. The molecule has 0 aliphatic rings. The number of H-pyrrole nitrogens is 1. The zero-order chi connectivity index (χ0) is 17.8. The van der Waals surface area contributed by atoms with Crippen molar-refractivity contribution in [2.24, 2.45) is 0 Å². The maximum absolute atomic E-state index is 13.3. The van der Waals surface area contributed by atoms with E-state index in [4.69, 9.17) is 4.74 Å². The molecule has 0 bridgehead atoms. The number of methoxy groups -OCH3 is 1. The van der Waals surface area contributed by atoms with Crippen LogP contribution >= 0.6 is 0 Å². The van der Waals surface area contributed by atoms with Crippen LogP contribution in [0.3, 0.4) is 0 Å². The Bertz CT molecular complexity index is 892. The number of nitrogens with one attached hydrogen (secondary N) is 2. The van der Waals surface area contributed by atoms with E-state index < -0.39 is 5.82 Å². The minimum absolute atomic E-state index is 0.253. The molecule has 0 fully saturated rings. The molecule has 0 atom stereocenters. The lowest BCUT2D eigenvalue weighted by Crippen LogP contribution is -2.23. The molecule has 2 aromatic carbocycles. The summed E-state index contributed by atoms with van der Waals surface area (Å²) in [6, 6.07) is 11.5. The van der Waals surface area contributed by atoms with E-state index in [-0.39, 0.29) is 24.0 Å². The van der Waals surface area contributed by atoms with Crippen molar-refractivity contribution >= 4 is 5.91 Å². The highest BCUT2D eigenvalue weighted by atomic mass is 19.1. The minimum Gasteiger partial charge on any atom is -0.496 e. The fourth-order valence-corrected chi connectivity index (χ4v) is 2.33. The van der Waals surface area contributed by atoms with E-state index in [1.165, 1.54) is 37.4 Å². The van der Waals surface area contributed by atoms with Gasteiger partial charge in [0.1, 0.15) is 23.1 Å². The van der Waals surface area contributed by atoms with Gasteiger partial charge in [-0.05, 0) is 35.9 Å². The fourth-order valence-electron chi connectivity index (χ4n) is 2.33. The lowest BCUT2D eigenvalue weighted by Gasteiger charge is -2.05. The van der Waals surface area contributed by atoms with E-state index >= 15 is 0 Å². The largest absolute Gasteiger partial charge is 0.496 e. The van der Waals surface area contributed by atoms with Crippen molar-refractivity contribution in [3.8, 4) is 17.0 Å². The van der Waals surface area contributed by atoms with E-state index in [9.17, 15) is 13.6 Å². The van der Waals surface area contributed by atoms with Gasteiger partial charge in [-0.15, -0.1) is 0 Å². The Morgan fingerprint density at radius 2 is 1.84 bits per heavy atom. The molecule has 1 aromatic heterocycles. The van der Waals surface area contributed by atoms with Crippen molar-refractivity contribution in [1.82, 2.24) is 15.5 Å². The molecule has 0 aliphatic heterocycles. The van der Waals surface area contributed by atoms with Crippen molar-refractivity contribution in [2.75, 3.05) is 7.11 Å². The number of aromatic amines is 1. The summed E-state index contributed by atoms with van der Waals surface area (Å²) in [7, 11) is 1.43. The van der Waals surface area contributed by atoms with Crippen LogP contribution < -0.4 is 10.1 Å². The molecule has 1 amide bonds. The molecule has 0 aliphatic carbocycles. The third-order valence-corrected chi connectivity index (χ3v) is 3.63. The molecular formula is C18H15F2N3O2. The molecule has 128 valence electrons. The summed E-state index contributed by atoms with van der Waals surface area (Å²) in [6.45, 7) is 0.257. The highest BCUT2D eigenvalue weighted by Crippen LogP contribution is 2.29. The Kier molecular flexibility index (Phi) is 4.74. The third-order valence-electron chi connectivity index (χ3n) is 3.63. The number of hydrogen-bond acceptors (Lipinski definition) is 3. The van der Waals surface area contributed by atoms with Crippen LogP contribution in [0.4, 0.5) is 8.78 Å². The number of halogens is 2. The monoisotopic (exact) mass is 343 g/mol. The quantitative estimate of drug-likeness (QED) is 0.747. The van der Waals surface area contributed by atoms with Crippen LogP contribution in [-0.4, -0.2) is 23.2 Å². The van der Waals surface area contributed by atoms with Gasteiger partial charge in [0.05, 0.1) is 12.8 Å². The maximum Gasteiger partial charge on any atom is 0.269 e. The fraction of sp³-hybridized carbons (Fsp3) is 0.111. The number of amides is 1. The first-order valence-corrected chi connectivity index (χ1v) is 7.49. The zero-order valence-corrected chi connectivity index (χ0v) is 13.3. The lowest BCUT2D eigenvalue weighted by atomic mass is 10.1. The number of ether oxygens (including phenoxy) is 1. The van der Waals surface area contributed by atoms with E-state index in [2.05, 4.69) is 15.5 Å². The number of carbonyl (C=O) groups excluding carboxylic acids is 1. The Balaban J connectivity index is 1.72. The standard InChI is InChI=1S/C18H15F2N3O2/c1-25-17-8-13(20)6-7-14(17)15-9-16(23-22-15)18(24)21-10-11-2-4-12(19)5-3-11/h2-9H,10H2,1H3,(H,21,24)(H,22,23). The first-order valence-electron chi connectivity index (χ1n) is 7.49. The van der Waals surface area contributed by atoms with E-state index in [1.807, 2.05) is 0 Å². The summed E-state index contributed by atoms with van der Waals surface area (Å²) in [6.07, 6.45) is 0. The van der Waals surface area contributed by atoms with Gasteiger partial charge < -0.3 is 10.1 Å². The van der Waals surface area contributed by atoms with Gasteiger partial charge in [-0.3, -0.25) is 9.89 Å². The van der Waals surface area contributed by atoms with Gasteiger partial charge in [0, 0.05) is 18.2 Å². The van der Waals surface area contributed by atoms with Crippen LogP contribution in [-0.2, 0) is 6.54 Å². The second-order valence-electron chi connectivity index (χ2n) is 5.32. The number of carbonyl (C=O) groups is 1. The summed E-state index contributed by atoms with van der Waals surface area (Å²) in [5, 5.41) is 9.43. The summed E-state index contributed by atoms with van der Waals surface area (Å²) in [4.78, 5) is 12.2. The number of hydrogen-bond donors (Lipinski definition) is 2. The van der Waals surface area contributed by atoms with E-state index in [0.717, 1.165) is 5.56 Å². The average Bonchev–Trinajstić information content (AvgIpc) is 3.10. The molecule has 0 saturated heterocycles. The molecule has 1 heterocycles. The summed E-state index contributed by atoms with van der Waals surface area (Å²) >= 11 is 0. The Labute approximate surface area is 142 Å². The SMILES string of the molecule is COc1cc(F)ccc1-c1cc(C(=O)NCc2ccc(F)cc2)[nH]n1. The van der Waals surface area contributed by atoms with Gasteiger partial charge >= 0.3 is 0 Å². The van der Waals surface area contributed by atoms with E-state index in [0.29, 0.717) is 17.0 Å². The predicted molar refractivity (Wildman–Crippen MR) is 88.1 cm³/mol. The number of nitrogens with zero attached hydrogens (tertiary/aromatic N) is 1. The predicted octanol–water partition coefficient (Wildman–Crippen LogP) is 3.29. The highest BCUT2D eigenvalue weighted by Gasteiger charge is 2.14. The summed E-state index contributed by atoms with van der Waals surface area (Å²) in [5.74, 6) is -0.788. The van der Waals surface area contributed by atoms with Crippen LogP contribution in [0.1, 0.15) is 16.1 Å². The Morgan fingerprint density at radius 1 is 1.12 bits per heavy atom. The molecule has 0 unspecified atom stereocenters. The molecule has 2 N–H and O–H groups in total. The lowest BCUT2D eigenvalue weighted by molar-refractivity contribution is 0.0946. The van der Waals surface area contributed by atoms with Gasteiger partial charge in [-0.1, -0.05) is 12.1 Å². The van der Waals surface area contributed by atoms with Gasteiger partial charge in [-0.2, -0.15) is 5.10 Å². The van der Waals surface area contributed by atoms with Gasteiger partial charge in [0.25, 0.3) is 5.91 Å². The van der Waals surface area contributed by atoms with Gasteiger partial charge in [0.15, 0.2) is 0 Å². The normalized spacial score (nSPS) is 10.5. The summed E-state index contributed by atoms with van der Waals surface area (Å²) in [5.41, 5.74) is 2.06. The van der Waals surface area contributed by atoms with Crippen molar-refractivity contribution in [2.45, 2.75) is 6.54 Å². The van der Waals surface area contributed by atoms with Crippen molar-refractivity contribution in [3.63, 3.8) is 0 Å². The van der Waals surface area contributed by atoms with Crippen molar-refractivity contribution < 1.29 is 18.3 Å². The summed E-state index contributed by atoms with van der Waals surface area (Å²) < 4.78 is 31.3. The number of aromatic nitrogens is 2. The first-order chi connectivity index (χ1) is 12.1. The third kappa shape index (κ3) is 3.82. The zero-order valence-electron chi connectivity index (χ0n) is 13.3. The van der Waals surface area contributed by atoms with Crippen LogP contribution in [0, 0.1) is 11.6 Å². The minimum atomic E-state index is -0.423. The van der Waals surface area contributed by atoms with E-state index in [1.54, 1.807) is 18.2 Å². The molecule has 25 heavy (non-hydrogen) atoms. The molecule has 3 aromatic rings. The Hall–Kier alpha value is -3.22. The maximum atomic E-state index is 13.3. The van der Waals surface area contributed by atoms with Crippen LogP contribution in [0.15, 0.2) is 48.5 Å². The smallest absolute Gasteiger partial charge is 0.269 e. The second-order valence-corrected chi connectivity index (χ2v) is 5.32. The number of rotatable bonds is 5. The molecular weight excluding hydrogens is 328 g/mol. The Morgan fingerprint density at radius 3 is 2.56 bits per heavy atom. The highest BCUT2D eigenvalue weighted by molar-refractivity contribution is 5.93. The van der Waals surface area contributed by atoms with Crippen LogP contribution in [0.5, 0.6) is 5.75 Å². The van der Waals surface area contributed by atoms with Gasteiger partial charge in [0.2, 0.25) is 0 Å². The average molecular weight is 343 g/mol. The molecule has 5 nitrogen and oxygen atoms in total. The second kappa shape index (κ2) is 7.12. The topological polar surface area (TPSA) is 67.0 Å². The van der Waals surface area contributed by atoms with Crippen molar-refractivity contribution in [3.05, 3.63) is 71.4 Å². The van der Waals surface area contributed by atoms with Gasteiger partial charge in [-0.25, -0.2) is 8.78 Å². The first kappa shape index (κ1) is 16.6. The van der Waals surface area contributed by atoms with Crippen LogP contribution in [0.25, 0.3) is 11.3 Å².